The van der Waals surface area contributed by atoms with Crippen LogP contribution in [0.25, 0.3) is 11.2 Å². The molecular weight excluding hydrogens is 318 g/mol. The third kappa shape index (κ3) is 3.56. The smallest absolute Gasteiger partial charge is 0.348 e. The van der Waals surface area contributed by atoms with Gasteiger partial charge in [-0.25, -0.2) is 9.78 Å². The summed E-state index contributed by atoms with van der Waals surface area (Å²) in [6, 6.07) is 0. The first-order valence-corrected chi connectivity index (χ1v) is 8.83. The van der Waals surface area contributed by atoms with Crippen molar-refractivity contribution in [2.24, 2.45) is 16.7 Å². The average molecular weight is 347 g/mol. The first kappa shape index (κ1) is 17.9. The molecule has 0 aliphatic carbocycles. The van der Waals surface area contributed by atoms with Crippen LogP contribution in [0.3, 0.4) is 0 Å². The molecule has 0 aromatic carbocycles. The van der Waals surface area contributed by atoms with Crippen molar-refractivity contribution in [3.63, 3.8) is 0 Å². The van der Waals surface area contributed by atoms with Gasteiger partial charge in [0, 0.05) is 0 Å². The number of aromatic nitrogens is 4. The van der Waals surface area contributed by atoms with Crippen LogP contribution in [0.4, 0.5) is 5.82 Å². The van der Waals surface area contributed by atoms with Gasteiger partial charge >= 0.3 is 5.69 Å². The number of fused-ring (bicyclic) bond motifs is 1. The summed E-state index contributed by atoms with van der Waals surface area (Å²) in [5, 5.41) is 0. The summed E-state index contributed by atoms with van der Waals surface area (Å²) < 4.78 is 8.29. The number of rotatable bonds is 2. The fourth-order valence-corrected chi connectivity index (χ4v) is 3.77. The Morgan fingerprint density at radius 2 is 2.00 bits per heavy atom. The molecule has 1 aliphatic heterocycles. The van der Waals surface area contributed by atoms with Gasteiger partial charge in [-0.2, -0.15) is 4.98 Å². The van der Waals surface area contributed by atoms with Crippen LogP contribution < -0.4 is 11.4 Å². The van der Waals surface area contributed by atoms with E-state index in [1.807, 2.05) is 4.57 Å². The molecule has 1 aliphatic rings. The van der Waals surface area contributed by atoms with Gasteiger partial charge in [-0.3, -0.25) is 9.55 Å². The molecule has 7 heteroatoms. The number of H-pyrrole nitrogens is 1. The molecule has 3 N–H and O–H groups in total. The number of nitrogens with two attached hydrogens (primary N) is 1. The molecule has 1 saturated heterocycles. The Balaban J connectivity index is 1.98. The highest BCUT2D eigenvalue weighted by Gasteiger charge is 2.44. The minimum absolute atomic E-state index is 0.130. The number of hydrogen-bond acceptors (Lipinski definition) is 5. The Morgan fingerprint density at radius 1 is 1.32 bits per heavy atom. The highest BCUT2D eigenvalue weighted by atomic mass is 16.5. The quantitative estimate of drug-likeness (QED) is 0.870. The third-order valence-electron chi connectivity index (χ3n) is 4.94. The molecule has 0 spiro atoms. The standard InChI is InChI=1S/C18H29N5O2/c1-17(2,3)8-11-10(18(4,5)6)7-12(25-11)23-9-20-13-14(19)21-16(24)22-15(13)23/h9-12H,7-8H2,1-6H3,(H3,19,21,22,24)/t10?,11-,12-/m1/s1. The highest BCUT2D eigenvalue weighted by molar-refractivity contribution is 5.81. The van der Waals surface area contributed by atoms with Gasteiger partial charge < -0.3 is 10.5 Å². The van der Waals surface area contributed by atoms with Crippen LogP contribution in [0.15, 0.2) is 11.1 Å². The van der Waals surface area contributed by atoms with Crippen molar-refractivity contribution < 1.29 is 4.74 Å². The van der Waals surface area contributed by atoms with E-state index in [4.69, 9.17) is 10.5 Å². The van der Waals surface area contributed by atoms with Crippen molar-refractivity contribution in [1.29, 1.82) is 0 Å². The average Bonchev–Trinajstić information content (AvgIpc) is 2.99. The number of nitrogen functional groups attached to an aromatic ring is 1. The summed E-state index contributed by atoms with van der Waals surface area (Å²) in [5.74, 6) is 0.652. The second-order valence-corrected chi connectivity index (χ2v) is 9.38. The number of nitrogens with one attached hydrogen (secondary N) is 1. The van der Waals surface area contributed by atoms with E-state index in [-0.39, 0.29) is 29.0 Å². The summed E-state index contributed by atoms with van der Waals surface area (Å²) >= 11 is 0. The lowest BCUT2D eigenvalue weighted by atomic mass is 9.73. The number of anilines is 1. The molecule has 7 nitrogen and oxygen atoms in total. The lowest BCUT2D eigenvalue weighted by Crippen LogP contribution is -2.31. The molecule has 3 atom stereocenters. The molecule has 25 heavy (non-hydrogen) atoms. The highest BCUT2D eigenvalue weighted by Crippen LogP contribution is 2.47. The molecule has 0 saturated carbocycles. The van der Waals surface area contributed by atoms with Gasteiger partial charge in [0.25, 0.3) is 0 Å². The summed E-state index contributed by atoms with van der Waals surface area (Å²) in [6.45, 7) is 13.5. The Hall–Kier alpha value is -1.89. The normalized spacial score (nSPS) is 25.0. The lowest BCUT2D eigenvalue weighted by Gasteiger charge is -2.33. The van der Waals surface area contributed by atoms with Crippen LogP contribution in [-0.2, 0) is 4.74 Å². The van der Waals surface area contributed by atoms with Gasteiger partial charge in [-0.1, -0.05) is 41.5 Å². The van der Waals surface area contributed by atoms with E-state index in [1.54, 1.807) is 6.33 Å². The molecule has 2 aromatic heterocycles. The number of ether oxygens (including phenoxy) is 1. The Labute approximate surface area is 148 Å². The predicted octanol–water partition coefficient (Wildman–Crippen LogP) is 3.09. The SMILES string of the molecule is CC(C)(C)C[C@H]1O[C@@H](n2cnc3c(N)[nH]c(=O)nc32)CC1C(C)(C)C. The molecule has 3 heterocycles. The minimum Gasteiger partial charge on any atom is -0.383 e. The summed E-state index contributed by atoms with van der Waals surface area (Å²) in [5.41, 5.74) is 6.70. The van der Waals surface area contributed by atoms with Gasteiger partial charge in [0.15, 0.2) is 5.65 Å². The minimum atomic E-state index is -0.469. The fraction of sp³-hybridized carbons (Fsp3) is 0.722. The van der Waals surface area contributed by atoms with E-state index < -0.39 is 5.69 Å². The van der Waals surface area contributed by atoms with Gasteiger partial charge in [0.05, 0.1) is 12.4 Å². The Morgan fingerprint density at radius 3 is 2.60 bits per heavy atom. The molecule has 3 rings (SSSR count). The number of hydrogen-bond donors (Lipinski definition) is 2. The first-order chi connectivity index (χ1) is 11.5. The molecule has 1 unspecified atom stereocenters. The maximum Gasteiger partial charge on any atom is 0.348 e. The second kappa shape index (κ2) is 5.83. The van der Waals surface area contributed by atoms with Gasteiger partial charge in [-0.05, 0) is 29.6 Å². The van der Waals surface area contributed by atoms with Crippen molar-refractivity contribution in [2.45, 2.75) is 66.7 Å². The maximum atomic E-state index is 11.7. The Bertz CT molecular complexity index is 825. The van der Waals surface area contributed by atoms with E-state index in [2.05, 4.69) is 56.5 Å². The number of imidazole rings is 1. The van der Waals surface area contributed by atoms with E-state index in [0.29, 0.717) is 17.1 Å². The predicted molar refractivity (Wildman–Crippen MR) is 98.1 cm³/mol. The van der Waals surface area contributed by atoms with E-state index >= 15 is 0 Å². The third-order valence-corrected chi connectivity index (χ3v) is 4.94. The zero-order chi connectivity index (χ0) is 18.6. The van der Waals surface area contributed by atoms with Gasteiger partial charge in [0.1, 0.15) is 17.6 Å². The zero-order valence-corrected chi connectivity index (χ0v) is 16.0. The largest absolute Gasteiger partial charge is 0.383 e. The van der Waals surface area contributed by atoms with Crippen LogP contribution in [0, 0.1) is 16.7 Å². The number of nitrogens with zero attached hydrogens (tertiary/aromatic N) is 3. The van der Waals surface area contributed by atoms with E-state index in [1.165, 1.54) is 0 Å². The second-order valence-electron chi connectivity index (χ2n) is 9.38. The van der Waals surface area contributed by atoms with Crippen molar-refractivity contribution in [2.75, 3.05) is 5.73 Å². The monoisotopic (exact) mass is 347 g/mol. The van der Waals surface area contributed by atoms with E-state index in [9.17, 15) is 4.79 Å². The van der Waals surface area contributed by atoms with Crippen molar-refractivity contribution >= 4 is 17.0 Å². The van der Waals surface area contributed by atoms with Crippen LogP contribution in [0.1, 0.15) is 60.6 Å². The lowest BCUT2D eigenvalue weighted by molar-refractivity contribution is -0.0309. The molecular formula is C18H29N5O2. The van der Waals surface area contributed by atoms with Crippen LogP contribution in [0.2, 0.25) is 0 Å². The zero-order valence-electron chi connectivity index (χ0n) is 16.0. The molecule has 2 aromatic rings. The molecule has 0 radical (unpaired) electrons. The van der Waals surface area contributed by atoms with Crippen LogP contribution in [-0.4, -0.2) is 25.6 Å². The summed E-state index contributed by atoms with van der Waals surface area (Å²) in [7, 11) is 0. The molecule has 0 bridgehead atoms. The van der Waals surface area contributed by atoms with Crippen LogP contribution >= 0.6 is 0 Å². The Kier molecular flexibility index (Phi) is 4.18. The maximum absolute atomic E-state index is 11.7. The van der Waals surface area contributed by atoms with Crippen molar-refractivity contribution in [3.05, 3.63) is 16.8 Å². The van der Waals surface area contributed by atoms with Crippen LogP contribution in [0.5, 0.6) is 0 Å². The molecule has 0 amide bonds. The van der Waals surface area contributed by atoms with Crippen molar-refractivity contribution in [3.8, 4) is 0 Å². The topological polar surface area (TPSA) is 98.8 Å². The summed E-state index contributed by atoms with van der Waals surface area (Å²) in [6.07, 6.45) is 3.49. The fourth-order valence-electron chi connectivity index (χ4n) is 3.77. The number of aromatic amines is 1. The van der Waals surface area contributed by atoms with Gasteiger partial charge in [0.2, 0.25) is 0 Å². The first-order valence-electron chi connectivity index (χ1n) is 8.83. The molecule has 138 valence electrons. The molecule has 1 fully saturated rings. The van der Waals surface area contributed by atoms with E-state index in [0.717, 1.165) is 12.8 Å². The van der Waals surface area contributed by atoms with Crippen molar-refractivity contribution in [1.82, 2.24) is 19.5 Å². The van der Waals surface area contributed by atoms with Gasteiger partial charge in [-0.15, -0.1) is 0 Å². The summed E-state index contributed by atoms with van der Waals surface area (Å²) in [4.78, 5) is 22.6.